The third-order valence-electron chi connectivity index (χ3n) is 3.53. The zero-order chi connectivity index (χ0) is 13.4. The highest BCUT2D eigenvalue weighted by Gasteiger charge is 2.23. The Morgan fingerprint density at radius 1 is 1.47 bits per heavy atom. The van der Waals surface area contributed by atoms with Gasteiger partial charge in [-0.15, -0.1) is 5.10 Å². The number of hydrogen-bond donors (Lipinski definition) is 1. The lowest BCUT2D eigenvalue weighted by Crippen LogP contribution is -2.19. The number of anilines is 1. The molecule has 0 saturated carbocycles. The number of ether oxygens (including phenoxy) is 1. The van der Waals surface area contributed by atoms with Gasteiger partial charge in [-0.25, -0.2) is 4.68 Å². The lowest BCUT2D eigenvalue weighted by atomic mass is 9.90. The van der Waals surface area contributed by atoms with Crippen LogP contribution in [0.25, 0.3) is 0 Å². The number of nitrogens with zero attached hydrogens (tertiary/aromatic N) is 3. The van der Waals surface area contributed by atoms with Crippen molar-refractivity contribution < 1.29 is 4.74 Å². The van der Waals surface area contributed by atoms with Gasteiger partial charge in [0.1, 0.15) is 11.6 Å². The highest BCUT2D eigenvalue weighted by molar-refractivity contribution is 6.32. The van der Waals surface area contributed by atoms with E-state index in [-0.39, 0.29) is 0 Å². The Hall–Kier alpha value is -1.75. The van der Waals surface area contributed by atoms with Crippen molar-refractivity contribution in [3.8, 4) is 5.75 Å². The molecule has 1 unspecified atom stereocenters. The third kappa shape index (κ3) is 2.26. The number of halogens is 1. The number of hydrogen-bond acceptors (Lipinski definition) is 4. The van der Waals surface area contributed by atoms with Crippen LogP contribution >= 0.6 is 11.6 Å². The van der Waals surface area contributed by atoms with Crippen LogP contribution in [0.5, 0.6) is 5.75 Å². The average molecular weight is 279 g/mol. The maximum absolute atomic E-state index is 6.17. The number of benzene rings is 1. The molecule has 1 aliphatic heterocycles. The molecule has 1 aliphatic rings. The van der Waals surface area contributed by atoms with Crippen molar-refractivity contribution in [2.24, 2.45) is 0 Å². The van der Waals surface area contributed by atoms with Crippen LogP contribution in [-0.2, 0) is 13.0 Å². The standard InChI is InChI=1S/C13H15ClN4O/c1-19-11-3-2-8(6-10(11)14)9-4-5-18-12(7-9)16-13(15)17-18/h2-3,6,9H,4-5,7H2,1H3,(H2,15,17). The molecule has 100 valence electrons. The number of aryl methyl sites for hydroxylation is 1. The predicted octanol–water partition coefficient (Wildman–Crippen LogP) is 2.25. The minimum Gasteiger partial charge on any atom is -0.495 e. The largest absolute Gasteiger partial charge is 0.495 e. The SMILES string of the molecule is COc1ccc(C2CCn3nc(N)nc3C2)cc1Cl. The Balaban J connectivity index is 1.86. The highest BCUT2D eigenvalue weighted by Crippen LogP contribution is 2.33. The van der Waals surface area contributed by atoms with Gasteiger partial charge < -0.3 is 10.5 Å². The first-order valence-corrected chi connectivity index (χ1v) is 6.58. The maximum Gasteiger partial charge on any atom is 0.239 e. The van der Waals surface area contributed by atoms with Gasteiger partial charge in [-0.3, -0.25) is 0 Å². The van der Waals surface area contributed by atoms with Crippen molar-refractivity contribution in [3.05, 3.63) is 34.6 Å². The summed E-state index contributed by atoms with van der Waals surface area (Å²) >= 11 is 6.17. The molecule has 1 aromatic carbocycles. The van der Waals surface area contributed by atoms with Crippen LogP contribution in [0.2, 0.25) is 5.02 Å². The lowest BCUT2D eigenvalue weighted by Gasteiger charge is -2.22. The van der Waals surface area contributed by atoms with Gasteiger partial charge in [0.05, 0.1) is 12.1 Å². The van der Waals surface area contributed by atoms with Crippen LogP contribution in [0.1, 0.15) is 23.7 Å². The van der Waals surface area contributed by atoms with E-state index >= 15 is 0 Å². The fourth-order valence-electron chi connectivity index (χ4n) is 2.55. The van der Waals surface area contributed by atoms with Gasteiger partial charge in [0.2, 0.25) is 5.95 Å². The van der Waals surface area contributed by atoms with Crippen LogP contribution in [0.4, 0.5) is 5.95 Å². The lowest BCUT2D eigenvalue weighted by molar-refractivity contribution is 0.413. The molecule has 2 N–H and O–H groups in total. The van der Waals surface area contributed by atoms with Gasteiger partial charge in [0, 0.05) is 13.0 Å². The summed E-state index contributed by atoms with van der Waals surface area (Å²) in [6.45, 7) is 0.841. The van der Waals surface area contributed by atoms with Crippen LogP contribution in [-0.4, -0.2) is 21.9 Å². The number of aromatic nitrogens is 3. The molecule has 1 atom stereocenters. The number of nitrogen functional groups attached to an aromatic ring is 1. The molecule has 0 radical (unpaired) electrons. The van der Waals surface area contributed by atoms with Gasteiger partial charge in [-0.2, -0.15) is 4.98 Å². The van der Waals surface area contributed by atoms with Crippen molar-refractivity contribution >= 4 is 17.5 Å². The summed E-state index contributed by atoms with van der Waals surface area (Å²) in [6.07, 6.45) is 1.85. The zero-order valence-electron chi connectivity index (χ0n) is 10.6. The van der Waals surface area contributed by atoms with Crippen molar-refractivity contribution in [1.82, 2.24) is 14.8 Å². The Bertz CT molecular complexity index is 611. The molecule has 19 heavy (non-hydrogen) atoms. The third-order valence-corrected chi connectivity index (χ3v) is 3.83. The first kappa shape index (κ1) is 12.3. The van der Waals surface area contributed by atoms with Crippen molar-refractivity contribution in [1.29, 1.82) is 0 Å². The first-order valence-electron chi connectivity index (χ1n) is 6.20. The van der Waals surface area contributed by atoms with Gasteiger partial charge in [0.25, 0.3) is 0 Å². The van der Waals surface area contributed by atoms with E-state index in [2.05, 4.69) is 16.1 Å². The van der Waals surface area contributed by atoms with E-state index in [4.69, 9.17) is 22.1 Å². The van der Waals surface area contributed by atoms with E-state index in [1.807, 2.05) is 16.8 Å². The van der Waals surface area contributed by atoms with Crippen LogP contribution < -0.4 is 10.5 Å². The van der Waals surface area contributed by atoms with Crippen LogP contribution in [0.15, 0.2) is 18.2 Å². The molecule has 0 spiro atoms. The summed E-state index contributed by atoms with van der Waals surface area (Å²) in [7, 11) is 1.62. The Morgan fingerprint density at radius 2 is 2.32 bits per heavy atom. The first-order chi connectivity index (χ1) is 9.17. The van der Waals surface area contributed by atoms with E-state index in [1.165, 1.54) is 5.56 Å². The summed E-state index contributed by atoms with van der Waals surface area (Å²) in [5.41, 5.74) is 6.83. The van der Waals surface area contributed by atoms with Crippen LogP contribution in [0, 0.1) is 0 Å². The molecule has 6 heteroatoms. The van der Waals surface area contributed by atoms with Gasteiger partial charge >= 0.3 is 0 Å². The molecule has 0 bridgehead atoms. The quantitative estimate of drug-likeness (QED) is 0.915. The second-order valence-corrected chi connectivity index (χ2v) is 5.10. The van der Waals surface area contributed by atoms with Gasteiger partial charge in [0.15, 0.2) is 0 Å². The van der Waals surface area contributed by atoms with Crippen molar-refractivity contribution in [3.63, 3.8) is 0 Å². The number of methoxy groups -OCH3 is 1. The van der Waals surface area contributed by atoms with Crippen LogP contribution in [0.3, 0.4) is 0 Å². The highest BCUT2D eigenvalue weighted by atomic mass is 35.5. The van der Waals surface area contributed by atoms with Gasteiger partial charge in [-0.05, 0) is 30.0 Å². The summed E-state index contributed by atoms with van der Waals surface area (Å²) in [5, 5.41) is 4.81. The molecule has 0 fully saturated rings. The molecule has 0 aliphatic carbocycles. The summed E-state index contributed by atoms with van der Waals surface area (Å²) < 4.78 is 7.06. The summed E-state index contributed by atoms with van der Waals surface area (Å²) in [5.74, 6) is 2.40. The Labute approximate surface area is 116 Å². The molecule has 0 saturated heterocycles. The van der Waals surface area contributed by atoms with Crippen molar-refractivity contribution in [2.75, 3.05) is 12.8 Å². The zero-order valence-corrected chi connectivity index (χ0v) is 11.4. The Kier molecular flexibility index (Phi) is 3.06. The molecule has 5 nitrogen and oxygen atoms in total. The van der Waals surface area contributed by atoms with E-state index in [0.29, 0.717) is 22.6 Å². The van der Waals surface area contributed by atoms with Gasteiger partial charge in [-0.1, -0.05) is 17.7 Å². The van der Waals surface area contributed by atoms with E-state index < -0.39 is 0 Å². The normalized spacial score (nSPS) is 18.1. The fraction of sp³-hybridized carbons (Fsp3) is 0.385. The van der Waals surface area contributed by atoms with Crippen molar-refractivity contribution in [2.45, 2.75) is 25.3 Å². The Morgan fingerprint density at radius 3 is 3.05 bits per heavy atom. The number of nitrogens with two attached hydrogens (primary N) is 1. The minimum atomic E-state index is 0.350. The molecular formula is C13H15ClN4O. The molecule has 1 aromatic heterocycles. The fourth-order valence-corrected chi connectivity index (χ4v) is 2.81. The number of fused-ring (bicyclic) bond motifs is 1. The second kappa shape index (κ2) is 4.74. The maximum atomic E-state index is 6.17. The molecule has 2 heterocycles. The average Bonchev–Trinajstić information content (AvgIpc) is 2.77. The molecular weight excluding hydrogens is 264 g/mol. The topological polar surface area (TPSA) is 66.0 Å². The van der Waals surface area contributed by atoms with E-state index in [9.17, 15) is 0 Å². The van der Waals surface area contributed by atoms with E-state index in [1.54, 1.807) is 7.11 Å². The second-order valence-electron chi connectivity index (χ2n) is 4.69. The smallest absolute Gasteiger partial charge is 0.239 e. The number of rotatable bonds is 2. The summed E-state index contributed by atoms with van der Waals surface area (Å²) in [4.78, 5) is 4.26. The summed E-state index contributed by atoms with van der Waals surface area (Å²) in [6, 6.07) is 5.94. The molecule has 0 amide bonds. The minimum absolute atomic E-state index is 0.350. The predicted molar refractivity (Wildman–Crippen MR) is 73.5 cm³/mol. The monoisotopic (exact) mass is 278 g/mol. The van der Waals surface area contributed by atoms with E-state index in [0.717, 1.165) is 25.2 Å². The molecule has 2 aromatic rings. The molecule has 3 rings (SSSR count).